The molecule has 1 heterocycles. The van der Waals surface area contributed by atoms with E-state index >= 15 is 0 Å². The van der Waals surface area contributed by atoms with Crippen molar-refractivity contribution in [1.82, 2.24) is 20.9 Å². The van der Waals surface area contributed by atoms with Gasteiger partial charge < -0.3 is 10.6 Å². The lowest BCUT2D eigenvalue weighted by Crippen LogP contribution is -2.46. The highest BCUT2D eigenvalue weighted by molar-refractivity contribution is 6.32. The van der Waals surface area contributed by atoms with Crippen LogP contribution in [0.5, 0.6) is 0 Å². The summed E-state index contributed by atoms with van der Waals surface area (Å²) in [6, 6.07) is 10.9. The van der Waals surface area contributed by atoms with Gasteiger partial charge in [0.2, 0.25) is 5.91 Å². The molecule has 1 atom stereocenters. The third-order valence-corrected chi connectivity index (χ3v) is 4.91. The zero-order chi connectivity index (χ0) is 21.9. The highest BCUT2D eigenvalue weighted by atomic mass is 35.5. The lowest BCUT2D eigenvalue weighted by molar-refractivity contribution is -0.134. The summed E-state index contributed by atoms with van der Waals surface area (Å²) in [4.78, 5) is 49.8. The Hall–Kier alpha value is -3.46. The summed E-state index contributed by atoms with van der Waals surface area (Å²) >= 11 is 6.03. The smallest absolute Gasteiger partial charge is 0.325 e. The Balaban J connectivity index is 1.62. The third kappa shape index (κ3) is 4.41. The summed E-state index contributed by atoms with van der Waals surface area (Å²) in [6.45, 7) is 0.929. The van der Waals surface area contributed by atoms with Crippen LogP contribution in [0.25, 0.3) is 0 Å². The number of nitrogens with one attached hydrogen (secondary N) is 3. The average Bonchev–Trinajstić information content (AvgIpc) is 2.90. The van der Waals surface area contributed by atoms with Gasteiger partial charge in [-0.3, -0.25) is 19.8 Å². The van der Waals surface area contributed by atoms with Gasteiger partial charge in [0, 0.05) is 17.1 Å². The molecular formula is C20H18ClFN4O4. The molecule has 2 aromatic carbocycles. The second-order valence-electron chi connectivity index (χ2n) is 6.79. The van der Waals surface area contributed by atoms with Crippen molar-refractivity contribution in [3.63, 3.8) is 0 Å². The van der Waals surface area contributed by atoms with Crippen LogP contribution in [0, 0.1) is 5.82 Å². The maximum Gasteiger partial charge on any atom is 0.325 e. The van der Waals surface area contributed by atoms with Crippen molar-refractivity contribution in [3.05, 3.63) is 70.5 Å². The third-order valence-electron chi connectivity index (χ3n) is 4.60. The standard InChI is InChI=1S/C20H18ClFN4O4/c1-20(14-8-7-13(22)9-15(14)21)17(28)26(19(30)25-20)11-16(27)24-18(29)23-10-12-5-3-2-4-6-12/h2-9H,10-11H2,1H3,(H,25,30)(H2,23,24,27,29). The Morgan fingerprint density at radius 1 is 1.17 bits per heavy atom. The molecule has 156 valence electrons. The molecule has 3 N–H and O–H groups in total. The van der Waals surface area contributed by atoms with E-state index in [-0.39, 0.29) is 17.1 Å². The summed E-state index contributed by atoms with van der Waals surface area (Å²) in [5, 5.41) is 6.99. The number of amides is 6. The average molecular weight is 433 g/mol. The lowest BCUT2D eigenvalue weighted by atomic mass is 9.92. The van der Waals surface area contributed by atoms with Gasteiger partial charge >= 0.3 is 12.1 Å². The monoisotopic (exact) mass is 432 g/mol. The first-order chi connectivity index (χ1) is 14.2. The molecule has 1 saturated heterocycles. The molecule has 1 fully saturated rings. The van der Waals surface area contributed by atoms with E-state index in [9.17, 15) is 23.6 Å². The highest BCUT2D eigenvalue weighted by Crippen LogP contribution is 2.33. The van der Waals surface area contributed by atoms with E-state index in [1.807, 2.05) is 18.2 Å². The molecule has 6 amide bonds. The SMILES string of the molecule is CC1(c2ccc(F)cc2Cl)NC(=O)N(CC(=O)NC(=O)NCc2ccccc2)C1=O. The Morgan fingerprint density at radius 3 is 2.53 bits per heavy atom. The summed E-state index contributed by atoms with van der Waals surface area (Å²) < 4.78 is 13.3. The van der Waals surface area contributed by atoms with E-state index in [0.29, 0.717) is 4.90 Å². The van der Waals surface area contributed by atoms with Gasteiger partial charge in [0.1, 0.15) is 17.9 Å². The number of nitrogens with zero attached hydrogens (tertiary/aromatic N) is 1. The molecule has 0 spiro atoms. The summed E-state index contributed by atoms with van der Waals surface area (Å²) in [5.41, 5.74) is -0.550. The normalized spacial score (nSPS) is 18.2. The van der Waals surface area contributed by atoms with Gasteiger partial charge in [-0.1, -0.05) is 48.0 Å². The van der Waals surface area contributed by atoms with Gasteiger partial charge in [0.05, 0.1) is 0 Å². The quantitative estimate of drug-likeness (QED) is 0.630. The molecule has 1 aliphatic heterocycles. The van der Waals surface area contributed by atoms with Crippen LogP contribution in [0.15, 0.2) is 48.5 Å². The Labute approximate surface area is 176 Å². The summed E-state index contributed by atoms with van der Waals surface area (Å²) in [6.07, 6.45) is 0. The second kappa shape index (κ2) is 8.50. The fraction of sp³-hybridized carbons (Fsp3) is 0.200. The molecule has 10 heteroatoms. The van der Waals surface area contributed by atoms with E-state index in [2.05, 4.69) is 16.0 Å². The minimum atomic E-state index is -1.57. The molecule has 1 aliphatic rings. The van der Waals surface area contributed by atoms with Crippen molar-refractivity contribution in [1.29, 1.82) is 0 Å². The van der Waals surface area contributed by atoms with Crippen LogP contribution >= 0.6 is 11.6 Å². The number of urea groups is 2. The Morgan fingerprint density at radius 2 is 1.87 bits per heavy atom. The van der Waals surface area contributed by atoms with Gasteiger partial charge in [-0.15, -0.1) is 0 Å². The topological polar surface area (TPSA) is 108 Å². The zero-order valence-corrected chi connectivity index (χ0v) is 16.6. The van der Waals surface area contributed by atoms with Crippen molar-refractivity contribution < 1.29 is 23.6 Å². The van der Waals surface area contributed by atoms with Crippen molar-refractivity contribution in [2.24, 2.45) is 0 Å². The largest absolute Gasteiger partial charge is 0.334 e. The van der Waals surface area contributed by atoms with Crippen LogP contribution in [-0.4, -0.2) is 35.3 Å². The minimum Gasteiger partial charge on any atom is -0.334 e. The van der Waals surface area contributed by atoms with E-state index in [0.717, 1.165) is 17.7 Å². The Kier molecular flexibility index (Phi) is 6.02. The van der Waals surface area contributed by atoms with Crippen LogP contribution < -0.4 is 16.0 Å². The number of carbonyl (C=O) groups excluding carboxylic acids is 4. The van der Waals surface area contributed by atoms with Gasteiger partial charge in [0.25, 0.3) is 5.91 Å². The number of imide groups is 2. The van der Waals surface area contributed by atoms with Gasteiger partial charge in [0.15, 0.2) is 0 Å². The highest BCUT2D eigenvalue weighted by Gasteiger charge is 2.50. The number of hydrogen-bond donors (Lipinski definition) is 3. The maximum atomic E-state index is 13.3. The molecular weight excluding hydrogens is 415 g/mol. The molecule has 30 heavy (non-hydrogen) atoms. The first kappa shape index (κ1) is 21.3. The van der Waals surface area contributed by atoms with Crippen LogP contribution in [0.2, 0.25) is 5.02 Å². The van der Waals surface area contributed by atoms with Gasteiger partial charge in [-0.05, 0) is 24.6 Å². The van der Waals surface area contributed by atoms with Gasteiger partial charge in [-0.25, -0.2) is 14.0 Å². The van der Waals surface area contributed by atoms with E-state index < -0.39 is 41.8 Å². The molecule has 8 nitrogen and oxygen atoms in total. The molecule has 1 unspecified atom stereocenters. The van der Waals surface area contributed by atoms with Crippen molar-refractivity contribution in [2.45, 2.75) is 19.0 Å². The lowest BCUT2D eigenvalue weighted by Gasteiger charge is -2.23. The molecule has 0 aromatic heterocycles. The number of rotatable bonds is 5. The molecule has 0 aliphatic carbocycles. The Bertz CT molecular complexity index is 1020. The van der Waals surface area contributed by atoms with Crippen LogP contribution in [0.1, 0.15) is 18.1 Å². The summed E-state index contributed by atoms with van der Waals surface area (Å²) in [5.74, 6) is -2.19. The molecule has 0 saturated carbocycles. The van der Waals surface area contributed by atoms with Crippen LogP contribution in [0.3, 0.4) is 0 Å². The zero-order valence-electron chi connectivity index (χ0n) is 15.9. The van der Waals surface area contributed by atoms with Crippen molar-refractivity contribution in [2.75, 3.05) is 6.54 Å². The molecule has 0 radical (unpaired) electrons. The maximum absolute atomic E-state index is 13.3. The second-order valence-corrected chi connectivity index (χ2v) is 7.19. The minimum absolute atomic E-state index is 0.0438. The predicted molar refractivity (Wildman–Crippen MR) is 106 cm³/mol. The van der Waals surface area contributed by atoms with Crippen molar-refractivity contribution in [3.8, 4) is 0 Å². The molecule has 3 rings (SSSR count). The van der Waals surface area contributed by atoms with Crippen molar-refractivity contribution >= 4 is 35.5 Å². The van der Waals surface area contributed by atoms with E-state index in [1.54, 1.807) is 12.1 Å². The number of benzene rings is 2. The number of hydrogen-bond acceptors (Lipinski definition) is 4. The van der Waals surface area contributed by atoms with Crippen LogP contribution in [-0.2, 0) is 21.7 Å². The van der Waals surface area contributed by atoms with E-state index in [1.165, 1.54) is 13.0 Å². The predicted octanol–water partition coefficient (Wildman–Crippen LogP) is 2.27. The number of carbonyl (C=O) groups is 4. The fourth-order valence-electron chi connectivity index (χ4n) is 3.05. The summed E-state index contributed by atoms with van der Waals surface area (Å²) in [7, 11) is 0. The number of halogens is 2. The van der Waals surface area contributed by atoms with Crippen LogP contribution in [0.4, 0.5) is 14.0 Å². The first-order valence-corrected chi connectivity index (χ1v) is 9.30. The molecule has 0 bridgehead atoms. The van der Waals surface area contributed by atoms with E-state index in [4.69, 9.17) is 11.6 Å². The molecule has 2 aromatic rings. The fourth-order valence-corrected chi connectivity index (χ4v) is 3.41. The van der Waals surface area contributed by atoms with Gasteiger partial charge in [-0.2, -0.15) is 0 Å². The first-order valence-electron chi connectivity index (χ1n) is 8.92.